The average molecular weight is 250 g/mol. The van der Waals surface area contributed by atoms with Gasteiger partial charge in [-0.1, -0.05) is 5.16 Å². The molecule has 2 aromatic heterocycles. The Morgan fingerprint density at radius 2 is 2.28 bits per heavy atom. The number of hydrogen-bond donors (Lipinski definition) is 2. The van der Waals surface area contributed by atoms with Crippen molar-refractivity contribution in [3.05, 3.63) is 34.0 Å². The Morgan fingerprint density at radius 3 is 2.89 bits per heavy atom. The molecule has 0 aliphatic heterocycles. The van der Waals surface area contributed by atoms with Gasteiger partial charge in [-0.25, -0.2) is 4.98 Å². The third kappa shape index (κ3) is 2.70. The first-order chi connectivity index (χ1) is 8.54. The van der Waals surface area contributed by atoms with Crippen molar-refractivity contribution in [2.75, 3.05) is 11.1 Å². The third-order valence-corrected chi connectivity index (χ3v) is 2.04. The van der Waals surface area contributed by atoms with Crippen molar-refractivity contribution in [3.63, 3.8) is 0 Å². The van der Waals surface area contributed by atoms with Gasteiger partial charge in [-0.15, -0.1) is 0 Å². The molecule has 2 rings (SSSR count). The summed E-state index contributed by atoms with van der Waals surface area (Å²) in [6.45, 7) is 1.91. The fraction of sp³-hybridized carbons (Fsp3) is 0.222. The van der Waals surface area contributed by atoms with E-state index in [1.807, 2.05) is 0 Å². The molecule has 94 valence electrons. The summed E-state index contributed by atoms with van der Waals surface area (Å²) >= 11 is 0. The predicted octanol–water partition coefficient (Wildman–Crippen LogP) is 0.876. The first-order valence-corrected chi connectivity index (χ1v) is 4.99. The number of pyridine rings is 1. The molecule has 0 aromatic carbocycles. The third-order valence-electron chi connectivity index (χ3n) is 2.04. The van der Waals surface area contributed by atoms with Crippen LogP contribution in [0.5, 0.6) is 0 Å². The number of aryl methyl sites for hydroxylation is 1. The summed E-state index contributed by atoms with van der Waals surface area (Å²) in [5.74, 6) is 1.22. The van der Waals surface area contributed by atoms with Gasteiger partial charge in [0.05, 0.1) is 23.6 Å². The normalized spacial score (nSPS) is 10.3. The van der Waals surface area contributed by atoms with Crippen molar-refractivity contribution in [3.8, 4) is 0 Å². The minimum Gasteiger partial charge on any atom is -0.383 e. The van der Waals surface area contributed by atoms with E-state index in [9.17, 15) is 10.1 Å². The van der Waals surface area contributed by atoms with Crippen LogP contribution in [-0.4, -0.2) is 20.0 Å². The van der Waals surface area contributed by atoms with E-state index in [0.717, 1.165) is 0 Å². The van der Waals surface area contributed by atoms with Crippen molar-refractivity contribution >= 4 is 17.3 Å². The molecular formula is C9H10N6O3. The number of anilines is 2. The van der Waals surface area contributed by atoms with Crippen LogP contribution in [0.3, 0.4) is 0 Å². The van der Waals surface area contributed by atoms with E-state index >= 15 is 0 Å². The SMILES string of the molecule is Cc1nc(CNc2cc([N+](=O)[O-])cc(N)n2)no1. The Kier molecular flexibility index (Phi) is 3.04. The second-order valence-electron chi connectivity index (χ2n) is 3.48. The molecule has 18 heavy (non-hydrogen) atoms. The van der Waals surface area contributed by atoms with E-state index in [0.29, 0.717) is 11.7 Å². The van der Waals surface area contributed by atoms with Gasteiger partial charge in [0.1, 0.15) is 11.6 Å². The average Bonchev–Trinajstić information content (AvgIpc) is 2.72. The molecule has 0 spiro atoms. The Labute approximate surface area is 101 Å². The van der Waals surface area contributed by atoms with Crippen LogP contribution in [0, 0.1) is 17.0 Å². The Morgan fingerprint density at radius 1 is 1.50 bits per heavy atom. The van der Waals surface area contributed by atoms with E-state index < -0.39 is 4.92 Å². The van der Waals surface area contributed by atoms with E-state index in [4.69, 9.17) is 10.3 Å². The zero-order valence-electron chi connectivity index (χ0n) is 9.45. The van der Waals surface area contributed by atoms with Crippen molar-refractivity contribution < 1.29 is 9.45 Å². The van der Waals surface area contributed by atoms with Gasteiger partial charge in [-0.05, 0) is 0 Å². The zero-order valence-corrected chi connectivity index (χ0v) is 9.45. The molecule has 3 N–H and O–H groups in total. The molecule has 0 atom stereocenters. The van der Waals surface area contributed by atoms with Gasteiger partial charge in [0.2, 0.25) is 5.89 Å². The lowest BCUT2D eigenvalue weighted by molar-refractivity contribution is -0.384. The first-order valence-electron chi connectivity index (χ1n) is 4.99. The molecule has 0 saturated heterocycles. The number of nitrogens with two attached hydrogens (primary N) is 1. The molecule has 0 aliphatic carbocycles. The molecule has 0 bridgehead atoms. The van der Waals surface area contributed by atoms with Crippen LogP contribution in [0.1, 0.15) is 11.7 Å². The van der Waals surface area contributed by atoms with Gasteiger partial charge in [0.25, 0.3) is 5.69 Å². The monoisotopic (exact) mass is 250 g/mol. The summed E-state index contributed by atoms with van der Waals surface area (Å²) in [6.07, 6.45) is 0. The smallest absolute Gasteiger partial charge is 0.276 e. The predicted molar refractivity (Wildman–Crippen MR) is 61.7 cm³/mol. The molecular weight excluding hydrogens is 240 g/mol. The summed E-state index contributed by atoms with van der Waals surface area (Å²) in [5, 5.41) is 17.1. The number of hydrogen-bond acceptors (Lipinski definition) is 8. The fourth-order valence-corrected chi connectivity index (χ4v) is 1.32. The number of nitro groups is 1. The van der Waals surface area contributed by atoms with E-state index in [1.165, 1.54) is 12.1 Å². The lowest BCUT2D eigenvalue weighted by Gasteiger charge is -2.03. The highest BCUT2D eigenvalue weighted by Crippen LogP contribution is 2.18. The van der Waals surface area contributed by atoms with Gasteiger partial charge in [-0.2, -0.15) is 4.98 Å². The van der Waals surface area contributed by atoms with Crippen LogP contribution < -0.4 is 11.1 Å². The van der Waals surface area contributed by atoms with Gasteiger partial charge in [0, 0.05) is 6.92 Å². The molecule has 0 radical (unpaired) electrons. The Balaban J connectivity index is 2.11. The number of aromatic nitrogens is 3. The minimum atomic E-state index is -0.540. The quantitative estimate of drug-likeness (QED) is 0.603. The molecule has 0 aliphatic rings. The van der Waals surface area contributed by atoms with Crippen molar-refractivity contribution in [2.24, 2.45) is 0 Å². The highest BCUT2D eigenvalue weighted by molar-refractivity contribution is 5.52. The highest BCUT2D eigenvalue weighted by atomic mass is 16.6. The number of nitrogens with one attached hydrogen (secondary N) is 1. The van der Waals surface area contributed by atoms with Crippen LogP contribution in [-0.2, 0) is 6.54 Å². The van der Waals surface area contributed by atoms with Crippen molar-refractivity contribution in [2.45, 2.75) is 13.5 Å². The molecule has 0 saturated carbocycles. The van der Waals surface area contributed by atoms with Crippen LogP contribution in [0.15, 0.2) is 16.7 Å². The maximum absolute atomic E-state index is 10.6. The first kappa shape index (κ1) is 11.8. The Hall–Kier alpha value is -2.71. The van der Waals surface area contributed by atoms with E-state index in [-0.39, 0.29) is 23.9 Å². The summed E-state index contributed by atoms with van der Waals surface area (Å²) in [7, 11) is 0. The molecule has 9 nitrogen and oxygen atoms in total. The maximum atomic E-state index is 10.6. The van der Waals surface area contributed by atoms with E-state index in [1.54, 1.807) is 6.92 Å². The summed E-state index contributed by atoms with van der Waals surface area (Å²) in [5.41, 5.74) is 5.33. The van der Waals surface area contributed by atoms with Crippen LogP contribution in [0.25, 0.3) is 0 Å². The van der Waals surface area contributed by atoms with Gasteiger partial charge in [0.15, 0.2) is 5.82 Å². The van der Waals surface area contributed by atoms with Crippen molar-refractivity contribution in [1.29, 1.82) is 0 Å². The molecule has 2 heterocycles. The lowest BCUT2D eigenvalue weighted by Crippen LogP contribution is -2.05. The van der Waals surface area contributed by atoms with Gasteiger partial charge in [-0.3, -0.25) is 10.1 Å². The molecule has 0 unspecified atom stereocenters. The van der Waals surface area contributed by atoms with E-state index in [2.05, 4.69) is 20.4 Å². The second-order valence-corrected chi connectivity index (χ2v) is 3.48. The van der Waals surface area contributed by atoms with Gasteiger partial charge >= 0.3 is 0 Å². The fourth-order valence-electron chi connectivity index (χ4n) is 1.32. The van der Waals surface area contributed by atoms with Crippen LogP contribution in [0.2, 0.25) is 0 Å². The van der Waals surface area contributed by atoms with Crippen molar-refractivity contribution in [1.82, 2.24) is 15.1 Å². The molecule has 2 aromatic rings. The van der Waals surface area contributed by atoms with Crippen LogP contribution >= 0.6 is 0 Å². The number of rotatable bonds is 4. The lowest BCUT2D eigenvalue weighted by atomic mass is 10.3. The molecule has 0 fully saturated rings. The summed E-state index contributed by atoms with van der Waals surface area (Å²) in [4.78, 5) is 18.0. The number of nitrogens with zero attached hydrogens (tertiary/aromatic N) is 4. The van der Waals surface area contributed by atoms with Crippen LogP contribution in [0.4, 0.5) is 17.3 Å². The summed E-state index contributed by atoms with van der Waals surface area (Å²) < 4.78 is 4.78. The summed E-state index contributed by atoms with van der Waals surface area (Å²) in [6, 6.07) is 2.47. The number of nitrogen functional groups attached to an aromatic ring is 1. The minimum absolute atomic E-state index is 0.0657. The zero-order chi connectivity index (χ0) is 13.1. The standard InChI is InChI=1S/C9H10N6O3/c1-5-12-9(14-18-5)4-11-8-3-6(15(16)17)2-7(10)13-8/h2-3H,4H2,1H3,(H3,10,11,13). The topological polar surface area (TPSA) is 133 Å². The largest absolute Gasteiger partial charge is 0.383 e. The molecule has 0 amide bonds. The molecule has 9 heteroatoms. The Bertz CT molecular complexity index is 581. The highest BCUT2D eigenvalue weighted by Gasteiger charge is 2.10. The second kappa shape index (κ2) is 4.65. The van der Waals surface area contributed by atoms with Gasteiger partial charge < -0.3 is 15.6 Å². The maximum Gasteiger partial charge on any atom is 0.276 e.